The molecule has 0 amide bonds. The van der Waals surface area contributed by atoms with Crippen molar-refractivity contribution in [3.8, 4) is 12.1 Å². The standard InChI is InChI=1S/C40H26N4S4/c41-23-35-37(45-25-29-15-9-13-27-11-1-3-17-31(27)29)39(33-19-5-7-21-43(33)35)47-48-40-34-20-6-8-22-44(34)36(24-42)38(40)46-26-30-16-10-14-28-12-2-4-18-32(28)30/h1-22H,25-26H2. The van der Waals surface area contributed by atoms with Gasteiger partial charge in [0.25, 0.3) is 0 Å². The van der Waals surface area contributed by atoms with E-state index in [9.17, 15) is 10.5 Å². The first-order chi connectivity index (χ1) is 23.7. The lowest BCUT2D eigenvalue weighted by molar-refractivity contribution is 1.13. The van der Waals surface area contributed by atoms with Crippen LogP contribution in [0, 0.1) is 22.7 Å². The summed E-state index contributed by atoms with van der Waals surface area (Å²) in [6.07, 6.45) is 3.94. The van der Waals surface area contributed by atoms with E-state index in [1.165, 1.54) is 32.7 Å². The van der Waals surface area contributed by atoms with Gasteiger partial charge in [0.2, 0.25) is 0 Å². The fourth-order valence-electron chi connectivity index (χ4n) is 6.17. The highest BCUT2D eigenvalue weighted by Gasteiger charge is 2.24. The summed E-state index contributed by atoms with van der Waals surface area (Å²) in [6.45, 7) is 0. The molecule has 0 saturated carbocycles. The van der Waals surface area contributed by atoms with E-state index in [0.29, 0.717) is 11.4 Å². The van der Waals surface area contributed by atoms with E-state index in [4.69, 9.17) is 0 Å². The number of rotatable bonds is 9. The molecule has 0 fully saturated rings. The first-order valence-electron chi connectivity index (χ1n) is 15.3. The van der Waals surface area contributed by atoms with Crippen molar-refractivity contribution in [2.45, 2.75) is 31.1 Å². The molecule has 8 rings (SSSR count). The molecule has 0 saturated heterocycles. The van der Waals surface area contributed by atoms with Gasteiger partial charge in [0, 0.05) is 23.9 Å². The Balaban J connectivity index is 1.17. The molecule has 0 aliphatic heterocycles. The number of hydrogen-bond acceptors (Lipinski definition) is 6. The van der Waals surface area contributed by atoms with Crippen LogP contribution in [-0.4, -0.2) is 8.80 Å². The zero-order valence-electron chi connectivity index (χ0n) is 25.5. The second kappa shape index (κ2) is 13.4. The molecule has 0 spiro atoms. The van der Waals surface area contributed by atoms with E-state index in [0.717, 1.165) is 42.1 Å². The molecule has 4 heterocycles. The molecule has 0 bridgehead atoms. The van der Waals surface area contributed by atoms with Gasteiger partial charge in [-0.15, -0.1) is 23.5 Å². The summed E-state index contributed by atoms with van der Waals surface area (Å²) >= 11 is 3.43. The molecule has 0 unspecified atom stereocenters. The molecule has 8 heteroatoms. The van der Waals surface area contributed by atoms with Gasteiger partial charge in [-0.3, -0.25) is 0 Å². The summed E-state index contributed by atoms with van der Waals surface area (Å²) in [5.74, 6) is 1.48. The van der Waals surface area contributed by atoms with Gasteiger partial charge in [-0.05, 0) is 78.5 Å². The van der Waals surface area contributed by atoms with Crippen molar-refractivity contribution in [3.63, 3.8) is 0 Å². The van der Waals surface area contributed by atoms with Gasteiger partial charge in [0.15, 0.2) is 0 Å². The lowest BCUT2D eigenvalue weighted by Gasteiger charge is -2.09. The number of benzene rings is 4. The zero-order valence-corrected chi connectivity index (χ0v) is 28.8. The van der Waals surface area contributed by atoms with Crippen molar-refractivity contribution in [1.82, 2.24) is 8.80 Å². The van der Waals surface area contributed by atoms with E-state index in [2.05, 4.69) is 109 Å². The van der Waals surface area contributed by atoms with Crippen LogP contribution in [0.25, 0.3) is 32.6 Å². The Bertz CT molecular complexity index is 2380. The van der Waals surface area contributed by atoms with Crippen molar-refractivity contribution in [1.29, 1.82) is 10.5 Å². The topological polar surface area (TPSA) is 56.4 Å². The van der Waals surface area contributed by atoms with Crippen molar-refractivity contribution in [2.24, 2.45) is 0 Å². The summed E-state index contributed by atoms with van der Waals surface area (Å²) in [6, 6.07) is 46.9. The van der Waals surface area contributed by atoms with Crippen LogP contribution in [0.3, 0.4) is 0 Å². The Kier molecular flexibility index (Phi) is 8.57. The molecule has 0 aliphatic carbocycles. The Hall–Kier alpha value is -4.70. The third kappa shape index (κ3) is 5.51. The average Bonchev–Trinajstić information content (AvgIpc) is 3.62. The largest absolute Gasteiger partial charge is 0.306 e. The highest BCUT2D eigenvalue weighted by Crippen LogP contribution is 2.51. The first-order valence-corrected chi connectivity index (χ1v) is 19.5. The van der Waals surface area contributed by atoms with Crippen molar-refractivity contribution < 1.29 is 0 Å². The lowest BCUT2D eigenvalue weighted by atomic mass is 10.1. The molecule has 48 heavy (non-hydrogen) atoms. The molecule has 4 aromatic carbocycles. The fraction of sp³-hybridized carbons (Fsp3) is 0.0500. The fourth-order valence-corrected chi connectivity index (χ4v) is 11.8. The summed E-state index contributed by atoms with van der Waals surface area (Å²) in [4.78, 5) is 4.06. The Morgan fingerprint density at radius 1 is 0.458 bits per heavy atom. The molecular weight excluding hydrogens is 665 g/mol. The minimum absolute atomic E-state index is 0.643. The molecule has 4 nitrogen and oxygen atoms in total. The monoisotopic (exact) mass is 690 g/mol. The molecule has 0 N–H and O–H groups in total. The number of nitrogens with zero attached hydrogens (tertiary/aromatic N) is 4. The summed E-state index contributed by atoms with van der Waals surface area (Å²) in [5.41, 5.74) is 5.77. The minimum Gasteiger partial charge on any atom is -0.306 e. The van der Waals surface area contributed by atoms with Crippen LogP contribution in [0.4, 0.5) is 0 Å². The van der Waals surface area contributed by atoms with Crippen LogP contribution in [0.5, 0.6) is 0 Å². The van der Waals surface area contributed by atoms with Gasteiger partial charge in [0.05, 0.1) is 30.6 Å². The average molecular weight is 691 g/mol. The molecule has 0 radical (unpaired) electrons. The maximum atomic E-state index is 10.4. The normalized spacial score (nSPS) is 11.4. The lowest BCUT2D eigenvalue weighted by Crippen LogP contribution is -1.88. The SMILES string of the molecule is N#Cc1c(SCc2cccc3ccccc23)c(SSc2c(SCc3cccc4ccccc34)c(C#N)n3ccccc23)c2ccccn12. The van der Waals surface area contributed by atoms with Gasteiger partial charge in [-0.25, -0.2) is 0 Å². The van der Waals surface area contributed by atoms with Crippen molar-refractivity contribution in [3.05, 3.63) is 156 Å². The third-order valence-electron chi connectivity index (χ3n) is 8.43. The smallest absolute Gasteiger partial charge is 0.139 e. The second-order valence-corrected chi connectivity index (χ2v) is 15.3. The third-order valence-corrected chi connectivity index (χ3v) is 13.5. The quantitative estimate of drug-likeness (QED) is 0.111. The van der Waals surface area contributed by atoms with Gasteiger partial charge in [0.1, 0.15) is 23.5 Å². The van der Waals surface area contributed by atoms with Gasteiger partial charge in [-0.1, -0.05) is 97.1 Å². The highest BCUT2D eigenvalue weighted by atomic mass is 33.1. The number of pyridine rings is 2. The Morgan fingerprint density at radius 2 is 0.875 bits per heavy atom. The summed E-state index contributed by atoms with van der Waals surface area (Å²) in [5, 5.41) is 25.7. The van der Waals surface area contributed by atoms with Crippen LogP contribution in [0.15, 0.2) is 153 Å². The summed E-state index contributed by atoms with van der Waals surface area (Å²) in [7, 11) is 3.34. The molecular formula is C40H26N4S4. The van der Waals surface area contributed by atoms with Gasteiger partial charge < -0.3 is 8.80 Å². The van der Waals surface area contributed by atoms with E-state index < -0.39 is 0 Å². The molecule has 0 atom stereocenters. The van der Waals surface area contributed by atoms with E-state index in [-0.39, 0.29) is 0 Å². The maximum Gasteiger partial charge on any atom is 0.139 e. The Labute approximate surface area is 294 Å². The van der Waals surface area contributed by atoms with E-state index >= 15 is 0 Å². The van der Waals surface area contributed by atoms with Crippen LogP contribution < -0.4 is 0 Å². The van der Waals surface area contributed by atoms with Crippen LogP contribution in [0.1, 0.15) is 22.5 Å². The van der Waals surface area contributed by atoms with Crippen LogP contribution >= 0.6 is 45.1 Å². The molecule has 230 valence electrons. The number of aromatic nitrogens is 2. The number of fused-ring (bicyclic) bond motifs is 4. The van der Waals surface area contributed by atoms with Crippen LogP contribution in [0.2, 0.25) is 0 Å². The van der Waals surface area contributed by atoms with Crippen molar-refractivity contribution in [2.75, 3.05) is 0 Å². The molecule has 4 aromatic heterocycles. The summed E-state index contributed by atoms with van der Waals surface area (Å²) < 4.78 is 4.01. The predicted molar refractivity (Wildman–Crippen MR) is 203 cm³/mol. The second-order valence-electron chi connectivity index (χ2n) is 11.2. The number of nitriles is 2. The first kappa shape index (κ1) is 30.6. The zero-order chi connectivity index (χ0) is 32.5. The van der Waals surface area contributed by atoms with Crippen molar-refractivity contribution >= 4 is 77.7 Å². The molecule has 0 aliphatic rings. The van der Waals surface area contributed by atoms with E-state index in [1.807, 2.05) is 45.5 Å². The highest BCUT2D eigenvalue weighted by molar-refractivity contribution is 8.76. The Morgan fingerprint density at radius 3 is 1.33 bits per heavy atom. The number of thioether (sulfide) groups is 2. The molecule has 8 aromatic rings. The van der Waals surface area contributed by atoms with Crippen LogP contribution in [-0.2, 0) is 11.5 Å². The van der Waals surface area contributed by atoms with Gasteiger partial charge in [-0.2, -0.15) is 10.5 Å². The van der Waals surface area contributed by atoms with Gasteiger partial charge >= 0.3 is 0 Å². The van der Waals surface area contributed by atoms with E-state index in [1.54, 1.807) is 45.1 Å². The number of hydrogen-bond donors (Lipinski definition) is 0. The predicted octanol–water partition coefficient (Wildman–Crippen LogP) is 11.6. The maximum absolute atomic E-state index is 10.4. The minimum atomic E-state index is 0.643.